The largest absolute Gasteiger partial charge is 0.419 e. The lowest BCUT2D eigenvalue weighted by molar-refractivity contribution is -0.140. The van der Waals surface area contributed by atoms with E-state index in [1.54, 1.807) is 4.98 Å². The minimum absolute atomic E-state index is 0.133. The molecule has 0 unspecified atom stereocenters. The van der Waals surface area contributed by atoms with Crippen molar-refractivity contribution in [3.8, 4) is 6.07 Å². The zero-order valence-electron chi connectivity index (χ0n) is 7.40. The highest BCUT2D eigenvalue weighted by atomic mass is 19.4. The molecule has 3 nitrogen and oxygen atoms in total. The van der Waals surface area contributed by atoms with E-state index in [-0.39, 0.29) is 6.07 Å². The lowest BCUT2D eigenvalue weighted by Gasteiger charge is -2.12. The van der Waals surface area contributed by atoms with Crippen LogP contribution in [0.5, 0.6) is 0 Å². The second-order valence-corrected chi connectivity index (χ2v) is 2.75. The van der Waals surface area contributed by atoms with Crippen molar-refractivity contribution in [2.75, 3.05) is 0 Å². The Kier molecular flexibility index (Phi) is 2.98. The molecule has 0 aromatic carbocycles. The van der Waals surface area contributed by atoms with Crippen LogP contribution in [0.1, 0.15) is 23.2 Å². The maximum Gasteiger partial charge on any atom is 0.419 e. The number of hydrogen-bond acceptors (Lipinski definition) is 2. The van der Waals surface area contributed by atoms with Crippen molar-refractivity contribution in [3.63, 3.8) is 0 Å². The number of nitrogens with zero attached hydrogens (tertiary/aromatic N) is 1. The molecule has 8 heteroatoms. The highest BCUT2D eigenvalue weighted by Crippen LogP contribution is 2.36. The molecule has 0 aliphatic heterocycles. The molecular formula is C8H3F5N2O. The van der Waals surface area contributed by atoms with Crippen molar-refractivity contribution in [1.82, 2.24) is 4.98 Å². The normalized spacial score (nSPS) is 11.6. The molecule has 0 saturated carbocycles. The molecule has 0 spiro atoms. The van der Waals surface area contributed by atoms with Gasteiger partial charge in [0.1, 0.15) is 11.8 Å². The molecule has 1 heterocycles. The Morgan fingerprint density at radius 3 is 2.31 bits per heavy atom. The van der Waals surface area contributed by atoms with Crippen LogP contribution >= 0.6 is 0 Å². The van der Waals surface area contributed by atoms with E-state index in [0.29, 0.717) is 0 Å². The molecule has 1 rings (SSSR count). The molecule has 0 amide bonds. The van der Waals surface area contributed by atoms with E-state index in [0.717, 1.165) is 6.07 Å². The molecule has 1 aromatic heterocycles. The van der Waals surface area contributed by atoms with Gasteiger partial charge >= 0.3 is 6.18 Å². The van der Waals surface area contributed by atoms with Gasteiger partial charge in [0.15, 0.2) is 0 Å². The van der Waals surface area contributed by atoms with E-state index >= 15 is 0 Å². The second-order valence-electron chi connectivity index (χ2n) is 2.75. The first kappa shape index (κ1) is 12.2. The topological polar surface area (TPSA) is 56.6 Å². The van der Waals surface area contributed by atoms with Crippen molar-refractivity contribution in [3.05, 3.63) is 33.2 Å². The summed E-state index contributed by atoms with van der Waals surface area (Å²) in [6.07, 6.45) is -8.60. The van der Waals surface area contributed by atoms with Gasteiger partial charge in [-0.15, -0.1) is 0 Å². The van der Waals surface area contributed by atoms with Gasteiger partial charge in [-0.05, 0) is 0 Å². The van der Waals surface area contributed by atoms with Crippen LogP contribution in [0.2, 0.25) is 0 Å². The van der Waals surface area contributed by atoms with Crippen molar-refractivity contribution >= 4 is 0 Å². The summed E-state index contributed by atoms with van der Waals surface area (Å²) in [5.41, 5.74) is -5.69. The van der Waals surface area contributed by atoms with Gasteiger partial charge in [0, 0.05) is 11.6 Å². The van der Waals surface area contributed by atoms with Gasteiger partial charge < -0.3 is 4.98 Å². The minimum Gasteiger partial charge on any atom is -0.313 e. The van der Waals surface area contributed by atoms with Crippen LogP contribution in [0.4, 0.5) is 22.0 Å². The van der Waals surface area contributed by atoms with Crippen molar-refractivity contribution < 1.29 is 22.0 Å². The lowest BCUT2D eigenvalue weighted by Crippen LogP contribution is -2.19. The minimum atomic E-state index is -5.12. The van der Waals surface area contributed by atoms with Crippen LogP contribution in [0.15, 0.2) is 10.9 Å². The third-order valence-corrected chi connectivity index (χ3v) is 1.70. The monoisotopic (exact) mass is 238 g/mol. The van der Waals surface area contributed by atoms with E-state index in [1.807, 2.05) is 0 Å². The smallest absolute Gasteiger partial charge is 0.313 e. The standard InChI is InChI=1S/C8H3F5N2O/c9-7(10)3-1-5(16)15-4(2-14)6(3)8(11,12)13/h1,7H,(H,15,16). The molecule has 0 saturated heterocycles. The summed E-state index contributed by atoms with van der Waals surface area (Å²) >= 11 is 0. The molecule has 0 bridgehead atoms. The van der Waals surface area contributed by atoms with Gasteiger partial charge in [0.2, 0.25) is 5.56 Å². The van der Waals surface area contributed by atoms with Crippen molar-refractivity contribution in [2.45, 2.75) is 12.6 Å². The predicted octanol–water partition coefficient (Wildman–Crippen LogP) is 2.20. The summed E-state index contributed by atoms with van der Waals surface area (Å²) in [7, 11) is 0. The summed E-state index contributed by atoms with van der Waals surface area (Å²) in [5, 5.41) is 8.35. The average Bonchev–Trinajstić information content (AvgIpc) is 2.14. The average molecular weight is 238 g/mol. The van der Waals surface area contributed by atoms with Gasteiger partial charge in [-0.2, -0.15) is 18.4 Å². The molecule has 86 valence electrons. The third kappa shape index (κ3) is 2.18. The molecule has 0 radical (unpaired) electrons. The number of aromatic amines is 1. The highest BCUT2D eigenvalue weighted by Gasteiger charge is 2.39. The maximum atomic E-state index is 12.4. The van der Waals surface area contributed by atoms with Gasteiger partial charge in [-0.1, -0.05) is 0 Å². The van der Waals surface area contributed by atoms with E-state index in [4.69, 9.17) is 5.26 Å². The van der Waals surface area contributed by atoms with Crippen LogP contribution in [-0.4, -0.2) is 4.98 Å². The fourth-order valence-electron chi connectivity index (χ4n) is 1.14. The molecule has 1 aromatic rings. The van der Waals surface area contributed by atoms with Crippen LogP contribution in [0.25, 0.3) is 0 Å². The number of halogens is 5. The third-order valence-electron chi connectivity index (χ3n) is 1.70. The van der Waals surface area contributed by atoms with E-state index < -0.39 is 35.0 Å². The van der Waals surface area contributed by atoms with Gasteiger partial charge in [0.05, 0.1) is 5.56 Å². The van der Waals surface area contributed by atoms with Crippen LogP contribution in [-0.2, 0) is 6.18 Å². The number of rotatable bonds is 1. The number of hydrogen-bond donors (Lipinski definition) is 1. The summed E-state index contributed by atoms with van der Waals surface area (Å²) in [4.78, 5) is 12.3. The molecular weight excluding hydrogens is 235 g/mol. The molecule has 0 aliphatic carbocycles. The Balaban J connectivity index is 3.67. The molecule has 0 atom stereocenters. The predicted molar refractivity (Wildman–Crippen MR) is 41.7 cm³/mol. The Labute approximate surface area is 85.1 Å². The number of pyridine rings is 1. The zero-order valence-corrected chi connectivity index (χ0v) is 7.40. The van der Waals surface area contributed by atoms with E-state index in [2.05, 4.69) is 0 Å². The quantitative estimate of drug-likeness (QED) is 0.762. The summed E-state index contributed by atoms with van der Waals surface area (Å²) < 4.78 is 61.7. The number of aromatic nitrogens is 1. The van der Waals surface area contributed by atoms with E-state index in [9.17, 15) is 26.7 Å². The maximum absolute atomic E-state index is 12.4. The first-order valence-electron chi connectivity index (χ1n) is 3.80. The number of nitriles is 1. The first-order chi connectivity index (χ1) is 7.27. The van der Waals surface area contributed by atoms with Gasteiger partial charge in [-0.25, -0.2) is 8.78 Å². The Morgan fingerprint density at radius 2 is 1.94 bits per heavy atom. The molecule has 1 N–H and O–H groups in total. The number of nitrogens with one attached hydrogen (secondary N) is 1. The van der Waals surface area contributed by atoms with Crippen molar-refractivity contribution in [1.29, 1.82) is 5.26 Å². The van der Waals surface area contributed by atoms with Gasteiger partial charge in [0.25, 0.3) is 6.43 Å². The first-order valence-corrected chi connectivity index (χ1v) is 3.80. The summed E-state index contributed by atoms with van der Waals surface area (Å²) in [5.74, 6) is 0. The highest BCUT2D eigenvalue weighted by molar-refractivity contribution is 5.40. The number of H-pyrrole nitrogens is 1. The summed E-state index contributed by atoms with van der Waals surface area (Å²) in [6, 6.07) is 1.16. The number of alkyl halides is 5. The van der Waals surface area contributed by atoms with Crippen LogP contribution in [0.3, 0.4) is 0 Å². The molecule has 0 fully saturated rings. The van der Waals surface area contributed by atoms with Crippen molar-refractivity contribution in [2.24, 2.45) is 0 Å². The van der Waals surface area contributed by atoms with E-state index in [1.165, 1.54) is 0 Å². The molecule has 0 aliphatic rings. The van der Waals surface area contributed by atoms with Crippen LogP contribution in [0, 0.1) is 11.3 Å². The Hall–Kier alpha value is -1.91. The zero-order chi connectivity index (χ0) is 12.5. The van der Waals surface area contributed by atoms with Gasteiger partial charge in [-0.3, -0.25) is 4.79 Å². The SMILES string of the molecule is N#Cc1[nH]c(=O)cc(C(F)F)c1C(F)(F)F. The Morgan fingerprint density at radius 1 is 1.38 bits per heavy atom. The summed E-state index contributed by atoms with van der Waals surface area (Å²) in [6.45, 7) is 0. The fraction of sp³-hybridized carbons (Fsp3) is 0.250. The van der Waals surface area contributed by atoms with Crippen LogP contribution < -0.4 is 5.56 Å². The second kappa shape index (κ2) is 3.92. The molecule has 16 heavy (non-hydrogen) atoms. The fourth-order valence-corrected chi connectivity index (χ4v) is 1.14. The Bertz CT molecular complexity index is 497. The lowest BCUT2D eigenvalue weighted by atomic mass is 10.1.